The third-order valence-corrected chi connectivity index (χ3v) is 2.43. The van der Waals surface area contributed by atoms with Gasteiger partial charge in [-0.25, -0.2) is 0 Å². The average molecular weight is 211 g/mol. The van der Waals surface area contributed by atoms with Crippen LogP contribution >= 0.6 is 0 Å². The van der Waals surface area contributed by atoms with Crippen molar-refractivity contribution in [3.8, 4) is 0 Å². The maximum Gasteiger partial charge on any atom is 0.0492 e. The van der Waals surface area contributed by atoms with Crippen LogP contribution in [0.15, 0.2) is 12.3 Å². The van der Waals surface area contributed by atoms with Gasteiger partial charge in [-0.1, -0.05) is 0 Å². The minimum Gasteiger partial charge on any atom is -0.385 e. The normalized spacial score (nSPS) is 10.8. The molecule has 0 aliphatic heterocycles. The van der Waals surface area contributed by atoms with Crippen molar-refractivity contribution in [2.24, 2.45) is 7.05 Å². The number of aromatic nitrogens is 2. The smallest absolute Gasteiger partial charge is 0.0492 e. The van der Waals surface area contributed by atoms with Gasteiger partial charge in [0, 0.05) is 45.6 Å². The van der Waals surface area contributed by atoms with Crippen LogP contribution in [0.4, 0.5) is 0 Å². The third-order valence-electron chi connectivity index (χ3n) is 2.43. The highest BCUT2D eigenvalue weighted by molar-refractivity contribution is 5.00. The zero-order chi connectivity index (χ0) is 10.9. The van der Waals surface area contributed by atoms with Gasteiger partial charge < -0.3 is 10.1 Å². The molecule has 1 rings (SSSR count). The Hall–Kier alpha value is -0.870. The molecule has 0 fully saturated rings. The summed E-state index contributed by atoms with van der Waals surface area (Å²) < 4.78 is 6.91. The molecule has 0 spiro atoms. The van der Waals surface area contributed by atoms with Gasteiger partial charge in [0.1, 0.15) is 0 Å². The molecule has 0 saturated heterocycles. The Morgan fingerprint density at radius 2 is 2.27 bits per heavy atom. The van der Waals surface area contributed by atoms with Crippen molar-refractivity contribution in [1.82, 2.24) is 15.1 Å². The molecule has 86 valence electrons. The first kappa shape index (κ1) is 12.2. The molecule has 0 atom stereocenters. The first-order valence-electron chi connectivity index (χ1n) is 5.51. The molecular weight excluding hydrogens is 190 g/mol. The second-order valence-corrected chi connectivity index (χ2v) is 3.65. The topological polar surface area (TPSA) is 39.1 Å². The van der Waals surface area contributed by atoms with Crippen LogP contribution in [0.25, 0.3) is 0 Å². The highest BCUT2D eigenvalue weighted by Crippen LogP contribution is 1.96. The minimum absolute atomic E-state index is 0.864. The molecular formula is C11H21N3O. The van der Waals surface area contributed by atoms with Crippen LogP contribution in [-0.2, 0) is 18.2 Å². The fourth-order valence-corrected chi connectivity index (χ4v) is 1.48. The average Bonchev–Trinajstić information content (AvgIpc) is 2.63. The lowest BCUT2D eigenvalue weighted by Crippen LogP contribution is -2.19. The van der Waals surface area contributed by atoms with Crippen molar-refractivity contribution in [1.29, 1.82) is 0 Å². The highest BCUT2D eigenvalue weighted by Gasteiger charge is 1.96. The van der Waals surface area contributed by atoms with Gasteiger partial charge in [-0.2, -0.15) is 5.10 Å². The fraction of sp³-hybridized carbons (Fsp3) is 0.727. The van der Waals surface area contributed by atoms with Crippen molar-refractivity contribution < 1.29 is 4.74 Å². The second kappa shape index (κ2) is 7.43. The van der Waals surface area contributed by atoms with Crippen LogP contribution in [-0.4, -0.2) is 36.6 Å². The summed E-state index contributed by atoms with van der Waals surface area (Å²) in [7, 11) is 3.73. The number of ether oxygens (including phenoxy) is 1. The first-order chi connectivity index (χ1) is 7.34. The molecule has 1 heterocycles. The molecule has 1 N–H and O–H groups in total. The first-order valence-corrected chi connectivity index (χ1v) is 5.51. The Labute approximate surface area is 91.6 Å². The predicted octanol–water partition coefficient (Wildman–Crippen LogP) is 0.979. The Bertz CT molecular complexity index is 260. The summed E-state index contributed by atoms with van der Waals surface area (Å²) >= 11 is 0. The van der Waals surface area contributed by atoms with Crippen LogP contribution in [0.3, 0.4) is 0 Å². The van der Waals surface area contributed by atoms with Gasteiger partial charge in [-0.15, -0.1) is 0 Å². The van der Waals surface area contributed by atoms with Crippen molar-refractivity contribution in [2.75, 3.05) is 26.8 Å². The van der Waals surface area contributed by atoms with Crippen molar-refractivity contribution >= 4 is 0 Å². The monoisotopic (exact) mass is 211 g/mol. The van der Waals surface area contributed by atoms with Crippen LogP contribution in [0.5, 0.6) is 0 Å². The lowest BCUT2D eigenvalue weighted by atomic mass is 10.3. The quantitative estimate of drug-likeness (QED) is 0.651. The Morgan fingerprint density at radius 3 is 2.93 bits per heavy atom. The maximum atomic E-state index is 4.98. The second-order valence-electron chi connectivity index (χ2n) is 3.65. The van der Waals surface area contributed by atoms with Crippen LogP contribution in [0, 0.1) is 0 Å². The number of methoxy groups -OCH3 is 1. The van der Waals surface area contributed by atoms with Crippen LogP contribution in [0.1, 0.15) is 18.5 Å². The number of hydrogen-bond acceptors (Lipinski definition) is 3. The van der Waals surface area contributed by atoms with E-state index < -0.39 is 0 Å². The summed E-state index contributed by atoms with van der Waals surface area (Å²) in [6, 6.07) is 2.06. The van der Waals surface area contributed by atoms with Gasteiger partial charge in [-0.3, -0.25) is 4.68 Å². The molecule has 0 aliphatic carbocycles. The standard InChI is InChI=1S/C11H21N3O/c1-14-11(6-9-13-14)5-8-12-7-3-4-10-15-2/h6,9,12H,3-5,7-8,10H2,1-2H3. The number of unbranched alkanes of at least 4 members (excludes halogenated alkanes) is 1. The van der Waals surface area contributed by atoms with E-state index in [0.717, 1.165) is 32.5 Å². The molecule has 15 heavy (non-hydrogen) atoms. The molecule has 0 radical (unpaired) electrons. The Kier molecular flexibility index (Phi) is 6.04. The summed E-state index contributed by atoms with van der Waals surface area (Å²) in [6.45, 7) is 2.96. The van der Waals surface area contributed by atoms with Gasteiger partial charge in [-0.05, 0) is 25.5 Å². The predicted molar refractivity (Wildman–Crippen MR) is 60.9 cm³/mol. The summed E-state index contributed by atoms with van der Waals surface area (Å²) in [5, 5.41) is 7.54. The van der Waals surface area contributed by atoms with E-state index >= 15 is 0 Å². The summed E-state index contributed by atoms with van der Waals surface area (Å²) in [5.41, 5.74) is 1.28. The number of rotatable bonds is 8. The summed E-state index contributed by atoms with van der Waals surface area (Å²) in [6.07, 6.45) is 5.20. The number of aryl methyl sites for hydroxylation is 1. The van der Waals surface area contributed by atoms with Crippen molar-refractivity contribution in [3.63, 3.8) is 0 Å². The summed E-state index contributed by atoms with van der Waals surface area (Å²) in [5.74, 6) is 0. The zero-order valence-electron chi connectivity index (χ0n) is 9.70. The molecule has 0 saturated carbocycles. The van der Waals surface area contributed by atoms with E-state index in [1.165, 1.54) is 12.1 Å². The molecule has 0 amide bonds. The highest BCUT2D eigenvalue weighted by atomic mass is 16.5. The van der Waals surface area contributed by atoms with E-state index in [1.807, 2.05) is 17.9 Å². The molecule has 0 unspecified atom stereocenters. The number of nitrogens with one attached hydrogen (secondary N) is 1. The molecule has 0 bridgehead atoms. The van der Waals surface area contributed by atoms with Gasteiger partial charge in [0.2, 0.25) is 0 Å². The van der Waals surface area contributed by atoms with Crippen molar-refractivity contribution in [3.05, 3.63) is 18.0 Å². The van der Waals surface area contributed by atoms with E-state index in [-0.39, 0.29) is 0 Å². The lowest BCUT2D eigenvalue weighted by Gasteiger charge is -2.04. The Morgan fingerprint density at radius 1 is 1.40 bits per heavy atom. The van der Waals surface area contributed by atoms with E-state index in [1.54, 1.807) is 7.11 Å². The SMILES string of the molecule is COCCCCNCCc1ccnn1C. The fourth-order valence-electron chi connectivity index (χ4n) is 1.48. The van der Waals surface area contributed by atoms with Gasteiger partial charge >= 0.3 is 0 Å². The van der Waals surface area contributed by atoms with E-state index in [2.05, 4.69) is 16.5 Å². The maximum absolute atomic E-state index is 4.98. The molecule has 0 aliphatic rings. The molecule has 4 heteroatoms. The third kappa shape index (κ3) is 4.95. The Balaban J connectivity index is 1.96. The summed E-state index contributed by atoms with van der Waals surface area (Å²) in [4.78, 5) is 0. The largest absolute Gasteiger partial charge is 0.385 e. The van der Waals surface area contributed by atoms with Crippen LogP contribution in [0.2, 0.25) is 0 Å². The number of nitrogens with zero attached hydrogens (tertiary/aromatic N) is 2. The zero-order valence-corrected chi connectivity index (χ0v) is 9.70. The van der Waals surface area contributed by atoms with E-state index in [0.29, 0.717) is 0 Å². The number of hydrogen-bond donors (Lipinski definition) is 1. The van der Waals surface area contributed by atoms with Gasteiger partial charge in [0.05, 0.1) is 0 Å². The van der Waals surface area contributed by atoms with Crippen molar-refractivity contribution in [2.45, 2.75) is 19.3 Å². The van der Waals surface area contributed by atoms with E-state index in [9.17, 15) is 0 Å². The van der Waals surface area contributed by atoms with Gasteiger partial charge in [0.25, 0.3) is 0 Å². The van der Waals surface area contributed by atoms with Crippen LogP contribution < -0.4 is 5.32 Å². The molecule has 0 aromatic carbocycles. The molecule has 1 aromatic rings. The van der Waals surface area contributed by atoms with E-state index in [4.69, 9.17) is 4.74 Å². The van der Waals surface area contributed by atoms with Gasteiger partial charge in [0.15, 0.2) is 0 Å². The molecule has 1 aromatic heterocycles. The molecule has 4 nitrogen and oxygen atoms in total. The minimum atomic E-state index is 0.864. The lowest BCUT2D eigenvalue weighted by molar-refractivity contribution is 0.192.